The number of rotatable bonds is 11. The molecule has 11 heteroatoms. The van der Waals surface area contributed by atoms with Crippen molar-refractivity contribution in [1.82, 2.24) is 15.2 Å². The number of hydrogen-bond donors (Lipinski definition) is 1. The van der Waals surface area contributed by atoms with E-state index >= 15 is 0 Å². The van der Waals surface area contributed by atoms with Gasteiger partial charge < -0.3 is 24.4 Å². The molecule has 43 heavy (non-hydrogen) atoms. The number of ether oxygens (including phenoxy) is 3. The monoisotopic (exact) mass is 615 g/mol. The Morgan fingerprint density at radius 3 is 2.37 bits per heavy atom. The number of nitrogens with one attached hydrogen (secondary N) is 1. The van der Waals surface area contributed by atoms with Crippen molar-refractivity contribution in [2.75, 3.05) is 58.5 Å². The lowest BCUT2D eigenvalue weighted by Crippen LogP contribution is -2.28. The molecule has 0 spiro atoms. The number of benzene rings is 2. The number of likely N-dealkylation sites (tertiary alicyclic amines) is 1. The molecule has 0 radical (unpaired) electrons. The summed E-state index contributed by atoms with van der Waals surface area (Å²) in [5, 5.41) is 3.63. The summed E-state index contributed by atoms with van der Waals surface area (Å²) in [5.41, 5.74) is 3.25. The Bertz CT molecular complexity index is 1400. The topological polar surface area (TPSA) is 124 Å². The summed E-state index contributed by atoms with van der Waals surface area (Å²) in [6, 6.07) is 15.6. The lowest BCUT2D eigenvalue weighted by atomic mass is 10.1. The first-order valence-electron chi connectivity index (χ1n) is 14.5. The van der Waals surface area contributed by atoms with E-state index in [1.165, 1.54) is 31.5 Å². The number of nitrogens with zero attached hydrogens (tertiary/aromatic N) is 2. The Balaban J connectivity index is 0.000000261. The fourth-order valence-corrected chi connectivity index (χ4v) is 4.23. The van der Waals surface area contributed by atoms with Gasteiger partial charge in [0.2, 0.25) is 0 Å². The summed E-state index contributed by atoms with van der Waals surface area (Å²) in [6.45, 7) is 10.2. The normalized spacial score (nSPS) is 12.8. The van der Waals surface area contributed by atoms with Gasteiger partial charge in [0.15, 0.2) is 13.2 Å². The van der Waals surface area contributed by atoms with Crippen LogP contribution >= 0.6 is 0 Å². The molecule has 4 rings (SSSR count). The number of carbonyl (C=O) groups is 2. The highest BCUT2D eigenvalue weighted by molar-refractivity contribution is 7.89. The predicted octanol–water partition coefficient (Wildman–Crippen LogP) is 3.99. The molecular weight excluding hydrogens is 570 g/mol. The summed E-state index contributed by atoms with van der Waals surface area (Å²) in [5.74, 6) is 0.983. The van der Waals surface area contributed by atoms with Gasteiger partial charge in [-0.15, -0.1) is 0 Å². The number of likely N-dealkylation sites (N-methyl/N-ethyl adjacent to an activating group) is 1. The standard InChI is InChI=1S/C16H23NO3.C14H16N2O2.C2H6O2S/c1-2-19-16(18)13-20-15-7-5-6-14(12-15)8-11-17-9-3-4-10-17;1-3-15-13(17)9-18-12-7-6-10(2)14-11(12)5-4-8-16-14;1-5(2,3)4/h5-7,12H,2-4,8-11,13H2,1H3;4-8H,3,9H2,1-2H3,(H,15,17);1-2H3. The van der Waals surface area contributed by atoms with Gasteiger partial charge in [-0.1, -0.05) is 18.2 Å². The van der Waals surface area contributed by atoms with E-state index in [1.54, 1.807) is 13.1 Å². The molecule has 1 saturated heterocycles. The quantitative estimate of drug-likeness (QED) is 0.319. The maximum absolute atomic E-state index is 11.4. The summed E-state index contributed by atoms with van der Waals surface area (Å²) in [4.78, 5) is 29.4. The molecule has 1 amide bonds. The van der Waals surface area contributed by atoms with Crippen LogP contribution in [0, 0.1) is 6.92 Å². The molecule has 0 saturated carbocycles. The van der Waals surface area contributed by atoms with E-state index < -0.39 is 9.84 Å². The predicted molar refractivity (Wildman–Crippen MR) is 169 cm³/mol. The summed E-state index contributed by atoms with van der Waals surface area (Å²) < 4.78 is 35.1. The molecule has 2 heterocycles. The minimum absolute atomic E-state index is 0.0244. The third-order valence-electron chi connectivity index (χ3n) is 6.14. The van der Waals surface area contributed by atoms with E-state index in [-0.39, 0.29) is 25.1 Å². The maximum Gasteiger partial charge on any atom is 0.344 e. The Morgan fingerprint density at radius 1 is 0.977 bits per heavy atom. The second-order valence-electron chi connectivity index (χ2n) is 10.2. The van der Waals surface area contributed by atoms with Gasteiger partial charge in [0.25, 0.3) is 5.91 Å². The molecule has 1 aliphatic heterocycles. The number of pyridine rings is 1. The van der Waals surface area contributed by atoms with E-state index in [0.29, 0.717) is 18.9 Å². The number of esters is 1. The van der Waals surface area contributed by atoms with E-state index in [4.69, 9.17) is 14.2 Å². The van der Waals surface area contributed by atoms with E-state index in [0.717, 1.165) is 47.7 Å². The van der Waals surface area contributed by atoms with Crippen molar-refractivity contribution in [2.45, 2.75) is 40.0 Å². The molecule has 0 atom stereocenters. The highest BCUT2D eigenvalue weighted by Gasteiger charge is 2.11. The SMILES string of the molecule is CCNC(=O)COc1ccc(C)c2ncccc12.CCOC(=O)COc1cccc(CCN2CCCC2)c1.CS(C)(=O)=O. The smallest absolute Gasteiger partial charge is 0.344 e. The Hall–Kier alpha value is -3.70. The third-order valence-corrected chi connectivity index (χ3v) is 6.14. The van der Waals surface area contributed by atoms with Crippen molar-refractivity contribution >= 4 is 32.6 Å². The van der Waals surface area contributed by atoms with Crippen LogP contribution in [0.4, 0.5) is 0 Å². The highest BCUT2D eigenvalue weighted by Crippen LogP contribution is 2.26. The van der Waals surface area contributed by atoms with E-state index in [2.05, 4.69) is 21.3 Å². The third kappa shape index (κ3) is 14.8. The second-order valence-corrected chi connectivity index (χ2v) is 12.5. The zero-order valence-corrected chi connectivity index (χ0v) is 26.7. The number of aromatic nitrogens is 1. The average Bonchev–Trinajstić information content (AvgIpc) is 3.49. The lowest BCUT2D eigenvalue weighted by Gasteiger charge is -2.14. The number of fused-ring (bicyclic) bond motifs is 1. The number of aryl methyl sites for hydroxylation is 1. The van der Waals surface area contributed by atoms with Gasteiger partial charge in [-0.05, 0) is 94.6 Å². The number of carbonyl (C=O) groups excluding carboxylic acids is 2. The Morgan fingerprint density at radius 2 is 1.70 bits per heavy atom. The van der Waals surface area contributed by atoms with Gasteiger partial charge >= 0.3 is 5.97 Å². The van der Waals surface area contributed by atoms with Gasteiger partial charge in [0.05, 0.1) is 12.1 Å². The molecule has 3 aromatic rings. The molecule has 2 aromatic carbocycles. The number of sulfone groups is 1. The summed E-state index contributed by atoms with van der Waals surface area (Å²) in [7, 11) is -2.67. The van der Waals surface area contributed by atoms with Crippen LogP contribution < -0.4 is 14.8 Å². The molecule has 0 unspecified atom stereocenters. The molecule has 236 valence electrons. The van der Waals surface area contributed by atoms with Crippen LogP contribution in [0.3, 0.4) is 0 Å². The van der Waals surface area contributed by atoms with Gasteiger partial charge in [-0.2, -0.15) is 0 Å². The van der Waals surface area contributed by atoms with Crippen LogP contribution in [0.25, 0.3) is 10.9 Å². The summed E-state index contributed by atoms with van der Waals surface area (Å²) >= 11 is 0. The van der Waals surface area contributed by atoms with Gasteiger partial charge in [-0.3, -0.25) is 9.78 Å². The van der Waals surface area contributed by atoms with Crippen LogP contribution in [0.2, 0.25) is 0 Å². The van der Waals surface area contributed by atoms with Crippen LogP contribution in [-0.4, -0.2) is 88.7 Å². The molecule has 1 aliphatic rings. The first kappa shape index (κ1) is 35.5. The van der Waals surface area contributed by atoms with Gasteiger partial charge in [-0.25, -0.2) is 13.2 Å². The van der Waals surface area contributed by atoms with Crippen LogP contribution in [0.15, 0.2) is 54.7 Å². The second kappa shape index (κ2) is 18.8. The van der Waals surface area contributed by atoms with Crippen molar-refractivity contribution in [3.8, 4) is 11.5 Å². The van der Waals surface area contributed by atoms with E-state index in [9.17, 15) is 18.0 Å². The largest absolute Gasteiger partial charge is 0.483 e. The van der Waals surface area contributed by atoms with Crippen LogP contribution in [0.5, 0.6) is 11.5 Å². The molecular formula is C32H45N3O7S. The van der Waals surface area contributed by atoms with Crippen LogP contribution in [-0.2, 0) is 30.6 Å². The van der Waals surface area contributed by atoms with Crippen molar-refractivity contribution in [3.05, 3.63) is 65.9 Å². The highest BCUT2D eigenvalue weighted by atomic mass is 32.2. The molecule has 1 N–H and O–H groups in total. The number of amides is 1. The van der Waals surface area contributed by atoms with Crippen LogP contribution in [0.1, 0.15) is 37.8 Å². The molecule has 0 aliphatic carbocycles. The molecule has 10 nitrogen and oxygen atoms in total. The average molecular weight is 616 g/mol. The van der Waals surface area contributed by atoms with Crippen molar-refractivity contribution in [2.24, 2.45) is 0 Å². The maximum atomic E-state index is 11.4. The van der Waals surface area contributed by atoms with Gasteiger partial charge in [0.1, 0.15) is 21.3 Å². The lowest BCUT2D eigenvalue weighted by molar-refractivity contribution is -0.145. The first-order valence-corrected chi connectivity index (χ1v) is 16.8. The van der Waals surface area contributed by atoms with Gasteiger partial charge in [0, 0.05) is 37.2 Å². The Labute approximate surface area is 255 Å². The van der Waals surface area contributed by atoms with Crippen molar-refractivity contribution < 1.29 is 32.2 Å². The molecule has 1 fully saturated rings. The minimum atomic E-state index is -2.67. The summed E-state index contributed by atoms with van der Waals surface area (Å²) in [6.07, 6.45) is 7.74. The minimum Gasteiger partial charge on any atom is -0.483 e. The fourth-order valence-electron chi connectivity index (χ4n) is 4.23. The molecule has 0 bridgehead atoms. The van der Waals surface area contributed by atoms with Crippen molar-refractivity contribution in [1.29, 1.82) is 0 Å². The van der Waals surface area contributed by atoms with Crippen molar-refractivity contribution in [3.63, 3.8) is 0 Å². The number of hydrogen-bond acceptors (Lipinski definition) is 9. The zero-order valence-electron chi connectivity index (χ0n) is 25.9. The first-order chi connectivity index (χ1) is 20.5. The molecule has 1 aromatic heterocycles. The Kier molecular flexibility index (Phi) is 15.5. The van der Waals surface area contributed by atoms with E-state index in [1.807, 2.05) is 56.3 Å². The fraction of sp³-hybridized carbons (Fsp3) is 0.469. The zero-order chi connectivity index (χ0) is 31.7.